The molecule has 3 rings (SSSR count). The van der Waals surface area contributed by atoms with E-state index in [1.54, 1.807) is 18.4 Å². The summed E-state index contributed by atoms with van der Waals surface area (Å²) >= 11 is 1.72. The predicted molar refractivity (Wildman–Crippen MR) is 110 cm³/mol. The molecule has 1 fully saturated rings. The van der Waals surface area contributed by atoms with Gasteiger partial charge in [-0.25, -0.2) is 0 Å². The largest absolute Gasteiger partial charge is 0.497 e. The molecule has 0 aliphatic carbocycles. The number of ether oxygens (including phenoxy) is 1. The van der Waals surface area contributed by atoms with Crippen LogP contribution in [0, 0.1) is 0 Å². The van der Waals surface area contributed by atoms with Gasteiger partial charge in [-0.2, -0.15) is 11.3 Å². The number of thiophene rings is 1. The van der Waals surface area contributed by atoms with E-state index >= 15 is 0 Å². The van der Waals surface area contributed by atoms with Crippen molar-refractivity contribution in [1.82, 2.24) is 15.1 Å². The van der Waals surface area contributed by atoms with E-state index in [0.29, 0.717) is 13.0 Å². The van der Waals surface area contributed by atoms with Crippen molar-refractivity contribution in [2.75, 3.05) is 46.9 Å². The highest BCUT2D eigenvalue weighted by Crippen LogP contribution is 2.23. The number of likely N-dealkylation sites (N-methyl/N-ethyl adjacent to an activating group) is 1. The number of hydrogen-bond donors (Lipinski definition) is 1. The third-order valence-corrected chi connectivity index (χ3v) is 5.90. The molecule has 0 spiro atoms. The van der Waals surface area contributed by atoms with Gasteiger partial charge < -0.3 is 15.0 Å². The molecule has 0 radical (unpaired) electrons. The number of rotatable bonds is 8. The van der Waals surface area contributed by atoms with Gasteiger partial charge in [0.2, 0.25) is 5.91 Å². The number of aryl methyl sites for hydroxylation is 1. The van der Waals surface area contributed by atoms with Crippen molar-refractivity contribution in [2.24, 2.45) is 0 Å². The van der Waals surface area contributed by atoms with E-state index in [4.69, 9.17) is 4.74 Å². The second-order valence-corrected chi connectivity index (χ2v) is 7.84. The van der Waals surface area contributed by atoms with Crippen molar-refractivity contribution in [3.05, 3.63) is 52.2 Å². The molecule has 6 heteroatoms. The van der Waals surface area contributed by atoms with Gasteiger partial charge in [0.25, 0.3) is 0 Å². The standard InChI is InChI=1S/C21H29N3O2S/c1-23-10-12-24(13-11-23)20(18-9-14-27-16-18)15-22-21(25)8-5-17-3-6-19(26-2)7-4-17/h3-4,6-7,9,14,16,20H,5,8,10-13,15H2,1-2H3,(H,22,25)/t20-/m0/s1. The minimum atomic E-state index is 0.111. The Kier molecular flexibility index (Phi) is 7.26. The highest BCUT2D eigenvalue weighted by Gasteiger charge is 2.24. The van der Waals surface area contributed by atoms with Gasteiger partial charge in [0.15, 0.2) is 0 Å². The monoisotopic (exact) mass is 387 g/mol. The lowest BCUT2D eigenvalue weighted by atomic mass is 10.1. The smallest absolute Gasteiger partial charge is 0.220 e. The molecule has 146 valence electrons. The molecule has 0 bridgehead atoms. The van der Waals surface area contributed by atoms with Gasteiger partial charge in [0, 0.05) is 39.1 Å². The molecular formula is C21H29N3O2S. The Morgan fingerprint density at radius 1 is 1.19 bits per heavy atom. The first-order valence-electron chi connectivity index (χ1n) is 9.50. The number of hydrogen-bond acceptors (Lipinski definition) is 5. The van der Waals surface area contributed by atoms with Crippen LogP contribution in [0.3, 0.4) is 0 Å². The molecule has 0 unspecified atom stereocenters. The molecule has 5 nitrogen and oxygen atoms in total. The number of piperazine rings is 1. The Bertz CT molecular complexity index is 695. The summed E-state index contributed by atoms with van der Waals surface area (Å²) in [5, 5.41) is 7.47. The summed E-state index contributed by atoms with van der Waals surface area (Å²) in [6.45, 7) is 4.90. The number of methoxy groups -OCH3 is 1. The maximum atomic E-state index is 12.4. The lowest BCUT2D eigenvalue weighted by Gasteiger charge is -2.38. The molecule has 2 heterocycles. The van der Waals surface area contributed by atoms with E-state index in [9.17, 15) is 4.79 Å². The summed E-state index contributed by atoms with van der Waals surface area (Å²) in [6, 6.07) is 10.3. The summed E-state index contributed by atoms with van der Waals surface area (Å²) in [6.07, 6.45) is 1.25. The van der Waals surface area contributed by atoms with Crippen LogP contribution >= 0.6 is 11.3 Å². The first kappa shape index (κ1) is 19.9. The van der Waals surface area contributed by atoms with Gasteiger partial charge in [0.1, 0.15) is 5.75 Å². The highest BCUT2D eigenvalue weighted by atomic mass is 32.1. The molecular weight excluding hydrogens is 358 g/mol. The molecule has 27 heavy (non-hydrogen) atoms. The Hall–Kier alpha value is -1.89. The summed E-state index contributed by atoms with van der Waals surface area (Å²) in [7, 11) is 3.82. The van der Waals surface area contributed by atoms with E-state index in [0.717, 1.165) is 43.9 Å². The number of carbonyl (C=O) groups excluding carboxylic acids is 1. The van der Waals surface area contributed by atoms with Crippen molar-refractivity contribution in [3.63, 3.8) is 0 Å². The van der Waals surface area contributed by atoms with Crippen LogP contribution in [0.5, 0.6) is 5.75 Å². The fraction of sp³-hybridized carbons (Fsp3) is 0.476. The molecule has 1 saturated heterocycles. The van der Waals surface area contributed by atoms with Crippen molar-refractivity contribution in [2.45, 2.75) is 18.9 Å². The molecule has 0 saturated carbocycles. The Morgan fingerprint density at radius 2 is 1.93 bits per heavy atom. The number of benzene rings is 1. The number of amides is 1. The third-order valence-electron chi connectivity index (χ3n) is 5.20. The van der Waals surface area contributed by atoms with Crippen LogP contribution in [0.4, 0.5) is 0 Å². The average molecular weight is 388 g/mol. The first-order valence-corrected chi connectivity index (χ1v) is 10.4. The van der Waals surface area contributed by atoms with Crippen LogP contribution in [0.25, 0.3) is 0 Å². The van der Waals surface area contributed by atoms with E-state index in [2.05, 4.69) is 39.0 Å². The summed E-state index contributed by atoms with van der Waals surface area (Å²) in [5.74, 6) is 0.953. The molecule has 2 aromatic rings. The summed E-state index contributed by atoms with van der Waals surface area (Å²) < 4.78 is 5.17. The van der Waals surface area contributed by atoms with E-state index in [-0.39, 0.29) is 11.9 Å². The SMILES string of the molecule is COc1ccc(CCC(=O)NC[C@@H](c2ccsc2)N2CCN(C)CC2)cc1. The zero-order valence-corrected chi connectivity index (χ0v) is 17.0. The molecule has 1 aromatic heterocycles. The van der Waals surface area contributed by atoms with Crippen molar-refractivity contribution < 1.29 is 9.53 Å². The van der Waals surface area contributed by atoms with E-state index in [1.165, 1.54) is 5.56 Å². The Labute approximate surface area is 165 Å². The van der Waals surface area contributed by atoms with Crippen LogP contribution in [-0.2, 0) is 11.2 Å². The molecule has 1 aliphatic rings. The number of nitrogens with zero attached hydrogens (tertiary/aromatic N) is 2. The zero-order chi connectivity index (χ0) is 19.1. The van der Waals surface area contributed by atoms with Crippen molar-refractivity contribution in [3.8, 4) is 5.75 Å². The first-order chi connectivity index (χ1) is 13.2. The minimum Gasteiger partial charge on any atom is -0.497 e. The highest BCUT2D eigenvalue weighted by molar-refractivity contribution is 7.07. The van der Waals surface area contributed by atoms with Crippen molar-refractivity contribution in [1.29, 1.82) is 0 Å². The molecule has 1 atom stereocenters. The van der Waals surface area contributed by atoms with Crippen molar-refractivity contribution >= 4 is 17.2 Å². The normalized spacial score (nSPS) is 16.8. The average Bonchev–Trinajstić information content (AvgIpc) is 3.23. The van der Waals surface area contributed by atoms with Gasteiger partial charge >= 0.3 is 0 Å². The zero-order valence-electron chi connectivity index (χ0n) is 16.2. The lowest BCUT2D eigenvalue weighted by Crippen LogP contribution is -2.48. The molecule has 1 aromatic carbocycles. The Morgan fingerprint density at radius 3 is 2.56 bits per heavy atom. The number of carbonyl (C=O) groups is 1. The van der Waals surface area contributed by atoms with Gasteiger partial charge in [-0.3, -0.25) is 9.69 Å². The fourth-order valence-corrected chi connectivity index (χ4v) is 4.11. The van der Waals surface area contributed by atoms with Gasteiger partial charge in [0.05, 0.1) is 13.2 Å². The lowest BCUT2D eigenvalue weighted by molar-refractivity contribution is -0.121. The quantitative estimate of drug-likeness (QED) is 0.757. The molecule has 1 aliphatic heterocycles. The van der Waals surface area contributed by atoms with Crippen LogP contribution in [0.15, 0.2) is 41.1 Å². The van der Waals surface area contributed by atoms with E-state index in [1.807, 2.05) is 24.3 Å². The number of nitrogens with one attached hydrogen (secondary N) is 1. The summed E-state index contributed by atoms with van der Waals surface area (Å²) in [4.78, 5) is 17.2. The second-order valence-electron chi connectivity index (χ2n) is 7.06. The van der Waals surface area contributed by atoms with Gasteiger partial charge in [-0.1, -0.05) is 12.1 Å². The van der Waals surface area contributed by atoms with Gasteiger partial charge in [-0.05, 0) is 53.6 Å². The fourth-order valence-electron chi connectivity index (χ4n) is 3.40. The topological polar surface area (TPSA) is 44.8 Å². The van der Waals surface area contributed by atoms with Crippen LogP contribution in [0.1, 0.15) is 23.6 Å². The summed E-state index contributed by atoms with van der Waals surface area (Å²) in [5.41, 5.74) is 2.46. The molecule has 1 amide bonds. The minimum absolute atomic E-state index is 0.111. The van der Waals surface area contributed by atoms with Crippen LogP contribution in [0.2, 0.25) is 0 Å². The maximum Gasteiger partial charge on any atom is 0.220 e. The second kappa shape index (κ2) is 9.88. The van der Waals surface area contributed by atoms with E-state index < -0.39 is 0 Å². The van der Waals surface area contributed by atoms with Gasteiger partial charge in [-0.15, -0.1) is 0 Å². The van der Waals surface area contributed by atoms with Crippen LogP contribution in [-0.4, -0.2) is 62.6 Å². The maximum absolute atomic E-state index is 12.4. The predicted octanol–water partition coefficient (Wildman–Crippen LogP) is 2.79. The van der Waals surface area contributed by atoms with Crippen LogP contribution < -0.4 is 10.1 Å². The third kappa shape index (κ3) is 5.79. The Balaban J connectivity index is 1.51. The molecule has 1 N–H and O–H groups in total.